The molecule has 7 heteroatoms. The van der Waals surface area contributed by atoms with Crippen LogP contribution in [0.1, 0.15) is 18.2 Å². The molecule has 0 aliphatic carbocycles. The van der Waals surface area contributed by atoms with Crippen LogP contribution in [0.4, 0.5) is 5.69 Å². The van der Waals surface area contributed by atoms with Gasteiger partial charge in [-0.1, -0.05) is 6.07 Å². The van der Waals surface area contributed by atoms with Crippen LogP contribution in [-0.2, 0) is 0 Å². The van der Waals surface area contributed by atoms with E-state index in [0.29, 0.717) is 23.9 Å². The quantitative estimate of drug-likeness (QED) is 0.394. The number of fused-ring (bicyclic) bond motifs is 1. The molecular weight excluding hydrogens is 368 g/mol. The van der Waals surface area contributed by atoms with E-state index in [9.17, 15) is 0 Å². The van der Waals surface area contributed by atoms with Gasteiger partial charge in [0.2, 0.25) is 6.79 Å². The molecule has 0 amide bonds. The van der Waals surface area contributed by atoms with Gasteiger partial charge in [0.15, 0.2) is 17.3 Å². The molecule has 0 saturated heterocycles. The summed E-state index contributed by atoms with van der Waals surface area (Å²) in [6.45, 7) is 2.82. The number of rotatable bonds is 6. The van der Waals surface area contributed by atoms with Gasteiger partial charge in [0.1, 0.15) is 11.4 Å². The van der Waals surface area contributed by atoms with E-state index in [1.165, 1.54) is 0 Å². The third-order valence-corrected chi connectivity index (χ3v) is 4.08. The molecular formula is C22H20N4O3. The van der Waals surface area contributed by atoms with Gasteiger partial charge in [0, 0.05) is 6.20 Å². The second-order valence-corrected chi connectivity index (χ2v) is 6.09. The highest BCUT2D eigenvalue weighted by Crippen LogP contribution is 2.31. The third-order valence-electron chi connectivity index (χ3n) is 4.08. The number of aliphatic imine (C=N–C) groups is 1. The van der Waals surface area contributed by atoms with Gasteiger partial charge < -0.3 is 14.2 Å². The molecule has 1 N–H and O–H groups in total. The molecule has 0 saturated carbocycles. The van der Waals surface area contributed by atoms with Gasteiger partial charge in [-0.3, -0.25) is 10.4 Å². The van der Waals surface area contributed by atoms with Crippen molar-refractivity contribution in [1.29, 1.82) is 0 Å². The smallest absolute Gasteiger partial charge is 0.231 e. The van der Waals surface area contributed by atoms with E-state index < -0.39 is 0 Å². The van der Waals surface area contributed by atoms with Gasteiger partial charge in [0.25, 0.3) is 0 Å². The van der Waals surface area contributed by atoms with Gasteiger partial charge in [0.05, 0.1) is 18.5 Å². The van der Waals surface area contributed by atoms with Crippen molar-refractivity contribution in [3.8, 4) is 17.2 Å². The number of nitrogens with one attached hydrogen (secondary N) is 1. The number of hydrogen-bond acceptors (Lipinski definition) is 6. The van der Waals surface area contributed by atoms with Gasteiger partial charge in [-0.15, -0.1) is 0 Å². The van der Waals surface area contributed by atoms with Crippen LogP contribution < -0.4 is 19.6 Å². The molecule has 1 aliphatic heterocycles. The maximum atomic E-state index is 5.48. The molecule has 0 radical (unpaired) electrons. The van der Waals surface area contributed by atoms with Crippen molar-refractivity contribution in [2.45, 2.75) is 6.92 Å². The lowest BCUT2D eigenvalue weighted by Crippen LogP contribution is -2.20. The number of nitrogens with zero attached hydrogens (tertiary/aromatic N) is 3. The first kappa shape index (κ1) is 18.5. The van der Waals surface area contributed by atoms with Gasteiger partial charge >= 0.3 is 0 Å². The van der Waals surface area contributed by atoms with Crippen molar-refractivity contribution in [1.82, 2.24) is 10.4 Å². The van der Waals surface area contributed by atoms with E-state index in [1.54, 1.807) is 12.4 Å². The van der Waals surface area contributed by atoms with Crippen molar-refractivity contribution in [2.24, 2.45) is 10.1 Å². The van der Waals surface area contributed by atoms with Crippen LogP contribution in [0.3, 0.4) is 0 Å². The summed E-state index contributed by atoms with van der Waals surface area (Å²) in [6, 6.07) is 18.8. The number of pyridine rings is 1. The molecule has 2 aromatic carbocycles. The largest absolute Gasteiger partial charge is 0.494 e. The van der Waals surface area contributed by atoms with Gasteiger partial charge in [-0.25, -0.2) is 4.99 Å². The normalized spacial score (nSPS) is 12.9. The number of hydrazone groups is 1. The molecule has 1 aliphatic rings. The fraction of sp³-hybridized carbons (Fsp3) is 0.136. The summed E-state index contributed by atoms with van der Waals surface area (Å²) in [4.78, 5) is 9.01. The minimum Gasteiger partial charge on any atom is -0.494 e. The van der Waals surface area contributed by atoms with Crippen molar-refractivity contribution >= 4 is 17.7 Å². The first-order valence-corrected chi connectivity index (χ1v) is 9.23. The van der Waals surface area contributed by atoms with E-state index in [-0.39, 0.29) is 6.79 Å². The Morgan fingerprint density at radius 2 is 1.97 bits per heavy atom. The highest BCUT2D eigenvalue weighted by molar-refractivity contribution is 5.99. The van der Waals surface area contributed by atoms with Crippen molar-refractivity contribution < 1.29 is 14.2 Å². The lowest BCUT2D eigenvalue weighted by Gasteiger charge is -2.06. The van der Waals surface area contributed by atoms with Crippen molar-refractivity contribution in [3.63, 3.8) is 0 Å². The predicted molar refractivity (Wildman–Crippen MR) is 111 cm³/mol. The Bertz CT molecular complexity index is 1020. The second kappa shape index (κ2) is 8.88. The second-order valence-electron chi connectivity index (χ2n) is 6.09. The lowest BCUT2D eigenvalue weighted by atomic mass is 10.2. The summed E-state index contributed by atoms with van der Waals surface area (Å²) in [5.74, 6) is 2.79. The molecule has 7 nitrogen and oxygen atoms in total. The van der Waals surface area contributed by atoms with Crippen LogP contribution in [0.2, 0.25) is 0 Å². The molecule has 3 aromatic rings. The number of benzene rings is 2. The fourth-order valence-corrected chi connectivity index (χ4v) is 2.72. The van der Waals surface area contributed by atoms with E-state index in [2.05, 4.69) is 20.5 Å². The average molecular weight is 388 g/mol. The number of aromatic nitrogens is 1. The summed E-state index contributed by atoms with van der Waals surface area (Å²) in [7, 11) is 0. The standard InChI is InChI=1S/C22H20N4O3/c1-2-27-18-9-7-17(8-10-18)25-22(19-5-3-4-12-23-19)26-24-14-16-6-11-20-21(13-16)29-15-28-20/h3-14H,2,15H2,1H3,(H,25,26)/b24-14+. The van der Waals surface area contributed by atoms with Gasteiger partial charge in [-0.05, 0) is 67.1 Å². The Morgan fingerprint density at radius 1 is 1.10 bits per heavy atom. The molecule has 0 fully saturated rings. The number of amidine groups is 1. The molecule has 1 aromatic heterocycles. The summed E-state index contributed by atoms with van der Waals surface area (Å²) < 4.78 is 16.2. The van der Waals surface area contributed by atoms with Crippen molar-refractivity contribution in [3.05, 3.63) is 78.1 Å². The Hall–Kier alpha value is -3.87. The van der Waals surface area contributed by atoms with E-state index in [1.807, 2.05) is 67.6 Å². The molecule has 0 unspecified atom stereocenters. The highest BCUT2D eigenvalue weighted by atomic mass is 16.7. The number of hydrogen-bond donors (Lipinski definition) is 1. The summed E-state index contributed by atoms with van der Waals surface area (Å²) >= 11 is 0. The van der Waals surface area contributed by atoms with E-state index in [0.717, 1.165) is 22.7 Å². The third kappa shape index (κ3) is 4.70. The molecule has 2 heterocycles. The Balaban J connectivity index is 1.54. The van der Waals surface area contributed by atoms with Crippen LogP contribution in [-0.4, -0.2) is 30.4 Å². The zero-order chi connectivity index (χ0) is 19.9. The zero-order valence-electron chi connectivity index (χ0n) is 15.9. The Morgan fingerprint density at radius 3 is 2.76 bits per heavy atom. The molecule has 0 bridgehead atoms. The monoisotopic (exact) mass is 388 g/mol. The fourth-order valence-electron chi connectivity index (χ4n) is 2.72. The predicted octanol–water partition coefficient (Wildman–Crippen LogP) is 3.91. The number of ether oxygens (including phenoxy) is 3. The van der Waals surface area contributed by atoms with Crippen LogP contribution in [0.15, 0.2) is 77.0 Å². The molecule has 0 atom stereocenters. The van der Waals surface area contributed by atoms with E-state index in [4.69, 9.17) is 14.2 Å². The van der Waals surface area contributed by atoms with Crippen LogP contribution in [0, 0.1) is 0 Å². The summed E-state index contributed by atoms with van der Waals surface area (Å²) in [5.41, 5.74) is 5.32. The summed E-state index contributed by atoms with van der Waals surface area (Å²) in [5, 5.41) is 4.32. The Labute approximate surface area is 168 Å². The Kier molecular flexibility index (Phi) is 5.66. The maximum absolute atomic E-state index is 5.48. The molecule has 29 heavy (non-hydrogen) atoms. The lowest BCUT2D eigenvalue weighted by molar-refractivity contribution is 0.174. The molecule has 4 rings (SSSR count). The van der Waals surface area contributed by atoms with Crippen molar-refractivity contribution in [2.75, 3.05) is 13.4 Å². The first-order valence-electron chi connectivity index (χ1n) is 9.23. The summed E-state index contributed by atoms with van der Waals surface area (Å²) in [6.07, 6.45) is 3.41. The van der Waals surface area contributed by atoms with E-state index >= 15 is 0 Å². The molecule has 146 valence electrons. The zero-order valence-corrected chi connectivity index (χ0v) is 15.9. The highest BCUT2D eigenvalue weighted by Gasteiger charge is 2.12. The molecule has 0 spiro atoms. The minimum atomic E-state index is 0.243. The average Bonchev–Trinajstić information content (AvgIpc) is 3.23. The SMILES string of the molecule is CCOc1ccc(N=C(N/N=C/c2ccc3c(c2)OCO3)c2ccccn2)cc1. The van der Waals surface area contributed by atoms with Crippen LogP contribution in [0.5, 0.6) is 17.2 Å². The van der Waals surface area contributed by atoms with Gasteiger partial charge in [-0.2, -0.15) is 5.10 Å². The van der Waals surface area contributed by atoms with Crippen LogP contribution in [0.25, 0.3) is 0 Å². The van der Waals surface area contributed by atoms with Crippen LogP contribution >= 0.6 is 0 Å². The first-order chi connectivity index (χ1) is 14.3. The topological polar surface area (TPSA) is 77.3 Å². The minimum absolute atomic E-state index is 0.243. The maximum Gasteiger partial charge on any atom is 0.231 e.